The number of benzene rings is 1. The van der Waals surface area contributed by atoms with E-state index in [2.05, 4.69) is 20.3 Å². The molecule has 3 heterocycles. The first-order valence-corrected chi connectivity index (χ1v) is 10.6. The molecule has 0 spiro atoms. The van der Waals surface area contributed by atoms with Crippen LogP contribution in [0.25, 0.3) is 5.82 Å². The third-order valence-electron chi connectivity index (χ3n) is 5.68. The fourth-order valence-corrected chi connectivity index (χ4v) is 4.16. The average molecular weight is 458 g/mol. The quantitative estimate of drug-likeness (QED) is 0.632. The summed E-state index contributed by atoms with van der Waals surface area (Å²) in [5.74, 6) is 0.286. The third kappa shape index (κ3) is 5.00. The molecule has 1 saturated heterocycles. The van der Waals surface area contributed by atoms with Crippen molar-refractivity contribution in [2.45, 2.75) is 20.0 Å². The Kier molecular flexibility index (Phi) is 6.37. The lowest BCUT2D eigenvalue weighted by Gasteiger charge is -2.35. The van der Waals surface area contributed by atoms with E-state index in [1.165, 1.54) is 18.2 Å². The number of halogens is 3. The van der Waals surface area contributed by atoms with E-state index in [0.29, 0.717) is 26.2 Å². The zero-order valence-corrected chi connectivity index (χ0v) is 18.4. The van der Waals surface area contributed by atoms with Crippen molar-refractivity contribution in [3.63, 3.8) is 0 Å². The smallest absolute Gasteiger partial charge is 0.366 e. The number of hydrogen-bond donors (Lipinski definition) is 1. The van der Waals surface area contributed by atoms with Crippen molar-refractivity contribution in [1.29, 1.82) is 0 Å². The lowest BCUT2D eigenvalue weighted by Crippen LogP contribution is -2.49. The zero-order chi connectivity index (χ0) is 23.6. The maximum absolute atomic E-state index is 13.2. The van der Waals surface area contributed by atoms with Crippen molar-refractivity contribution in [3.05, 3.63) is 65.6 Å². The van der Waals surface area contributed by atoms with Crippen molar-refractivity contribution in [2.75, 3.05) is 42.9 Å². The Hall–Kier alpha value is -3.40. The first kappa shape index (κ1) is 22.8. The number of carbonyl (C=O) groups excluding carboxylic acids is 1. The van der Waals surface area contributed by atoms with Crippen LogP contribution in [0.4, 0.5) is 24.5 Å². The van der Waals surface area contributed by atoms with Gasteiger partial charge in [-0.05, 0) is 38.1 Å². The number of amides is 1. The van der Waals surface area contributed by atoms with Gasteiger partial charge in [-0.15, -0.1) is 0 Å². The van der Waals surface area contributed by atoms with Gasteiger partial charge in [-0.1, -0.05) is 18.2 Å². The molecule has 1 aliphatic rings. The summed E-state index contributed by atoms with van der Waals surface area (Å²) in [5, 5.41) is 7.05. The number of rotatable bonds is 5. The molecular weight excluding hydrogens is 433 g/mol. The predicted octanol–water partition coefficient (Wildman–Crippen LogP) is 3.66. The molecule has 1 amide bonds. The number of hydrogen-bond acceptors (Lipinski definition) is 5. The van der Waals surface area contributed by atoms with Crippen LogP contribution in [0.1, 0.15) is 17.0 Å². The molecule has 0 radical (unpaired) electrons. The van der Waals surface area contributed by atoms with Gasteiger partial charge in [0.2, 0.25) is 5.91 Å². The highest BCUT2D eigenvalue weighted by atomic mass is 19.4. The van der Waals surface area contributed by atoms with Crippen LogP contribution in [0.3, 0.4) is 0 Å². The van der Waals surface area contributed by atoms with E-state index in [-0.39, 0.29) is 12.2 Å². The molecule has 0 unspecified atom stereocenters. The number of nitrogens with one attached hydrogen (secondary N) is 1. The van der Waals surface area contributed by atoms with E-state index < -0.39 is 17.6 Å². The van der Waals surface area contributed by atoms with E-state index in [1.807, 2.05) is 41.6 Å². The van der Waals surface area contributed by atoms with E-state index >= 15 is 0 Å². The monoisotopic (exact) mass is 458 g/mol. The van der Waals surface area contributed by atoms with Crippen molar-refractivity contribution in [1.82, 2.24) is 19.7 Å². The molecule has 0 aliphatic carbocycles. The second-order valence-corrected chi connectivity index (χ2v) is 7.97. The minimum Gasteiger partial charge on any atom is -0.366 e. The topological polar surface area (TPSA) is 66.3 Å². The number of alkyl halides is 3. The number of aromatic nitrogens is 3. The van der Waals surface area contributed by atoms with E-state index in [1.54, 1.807) is 6.20 Å². The van der Waals surface area contributed by atoms with Crippen LogP contribution in [0.2, 0.25) is 0 Å². The van der Waals surface area contributed by atoms with Crippen LogP contribution in [-0.2, 0) is 11.0 Å². The first-order chi connectivity index (χ1) is 15.7. The largest absolute Gasteiger partial charge is 0.418 e. The Bertz CT molecular complexity index is 1120. The second-order valence-electron chi connectivity index (χ2n) is 7.97. The fraction of sp³-hybridized carbons (Fsp3) is 0.348. The highest BCUT2D eigenvalue weighted by Gasteiger charge is 2.33. The standard InChI is InChI=1S/C23H25F3N6O/c1-16-22(17(2)32(29-16)20-9-5-6-10-27-20)31-13-11-30(12-14-31)15-21(33)28-19-8-4-3-7-18(19)23(24,25)26/h3-10H,11-15H2,1-2H3,(H,28,33). The molecule has 3 aromatic rings. The van der Waals surface area contributed by atoms with Gasteiger partial charge in [0, 0.05) is 32.4 Å². The second kappa shape index (κ2) is 9.22. The summed E-state index contributed by atoms with van der Waals surface area (Å²) in [7, 11) is 0. The lowest BCUT2D eigenvalue weighted by atomic mass is 10.1. The molecule has 1 N–H and O–H groups in total. The van der Waals surface area contributed by atoms with Crippen LogP contribution in [0.15, 0.2) is 48.7 Å². The third-order valence-corrected chi connectivity index (χ3v) is 5.68. The number of anilines is 2. The number of nitrogens with zero attached hydrogens (tertiary/aromatic N) is 5. The van der Waals surface area contributed by atoms with Gasteiger partial charge in [-0.2, -0.15) is 18.3 Å². The maximum atomic E-state index is 13.2. The summed E-state index contributed by atoms with van der Waals surface area (Å²) in [4.78, 5) is 21.0. The maximum Gasteiger partial charge on any atom is 0.418 e. The van der Waals surface area contributed by atoms with Gasteiger partial charge in [0.1, 0.15) is 0 Å². The normalized spacial score (nSPS) is 15.0. The van der Waals surface area contributed by atoms with Gasteiger partial charge < -0.3 is 10.2 Å². The van der Waals surface area contributed by atoms with Crippen molar-refractivity contribution < 1.29 is 18.0 Å². The Labute approximate surface area is 189 Å². The number of para-hydroxylation sites is 1. The zero-order valence-electron chi connectivity index (χ0n) is 18.4. The Morgan fingerprint density at radius 3 is 2.39 bits per heavy atom. The molecule has 4 rings (SSSR count). The van der Waals surface area contributed by atoms with Crippen LogP contribution in [0.5, 0.6) is 0 Å². The van der Waals surface area contributed by atoms with Gasteiger partial charge in [-0.3, -0.25) is 9.69 Å². The van der Waals surface area contributed by atoms with Gasteiger partial charge in [0.05, 0.1) is 34.9 Å². The highest BCUT2D eigenvalue weighted by molar-refractivity contribution is 5.93. The molecular formula is C23H25F3N6O. The van der Waals surface area contributed by atoms with E-state index in [9.17, 15) is 18.0 Å². The minimum atomic E-state index is -4.52. The molecule has 1 aromatic carbocycles. The molecule has 1 fully saturated rings. The summed E-state index contributed by atoms with van der Waals surface area (Å²) in [6.07, 6.45) is -2.80. The number of pyridine rings is 1. The Morgan fingerprint density at radius 2 is 1.73 bits per heavy atom. The van der Waals surface area contributed by atoms with Crippen LogP contribution >= 0.6 is 0 Å². The number of aryl methyl sites for hydroxylation is 1. The molecule has 0 atom stereocenters. The van der Waals surface area contributed by atoms with E-state index in [0.717, 1.165) is 29.0 Å². The average Bonchev–Trinajstić information content (AvgIpc) is 3.08. The molecule has 33 heavy (non-hydrogen) atoms. The van der Waals surface area contributed by atoms with Crippen molar-refractivity contribution in [3.8, 4) is 5.82 Å². The molecule has 2 aromatic heterocycles. The van der Waals surface area contributed by atoms with Gasteiger partial charge in [-0.25, -0.2) is 9.67 Å². The fourth-order valence-electron chi connectivity index (χ4n) is 4.16. The van der Waals surface area contributed by atoms with Crippen LogP contribution < -0.4 is 10.2 Å². The summed E-state index contributed by atoms with van der Waals surface area (Å²) >= 11 is 0. The van der Waals surface area contributed by atoms with Crippen LogP contribution in [0, 0.1) is 13.8 Å². The highest BCUT2D eigenvalue weighted by Crippen LogP contribution is 2.34. The summed E-state index contributed by atoms with van der Waals surface area (Å²) in [5.41, 5.74) is 1.86. The summed E-state index contributed by atoms with van der Waals surface area (Å²) < 4.78 is 41.3. The minimum absolute atomic E-state index is 0.0329. The molecule has 0 saturated carbocycles. The molecule has 0 bridgehead atoms. The van der Waals surface area contributed by atoms with Crippen LogP contribution in [-0.4, -0.2) is 58.3 Å². The van der Waals surface area contributed by atoms with Gasteiger partial charge >= 0.3 is 6.18 Å². The Morgan fingerprint density at radius 1 is 1.03 bits per heavy atom. The predicted molar refractivity (Wildman–Crippen MR) is 120 cm³/mol. The molecule has 10 heteroatoms. The van der Waals surface area contributed by atoms with Crippen molar-refractivity contribution >= 4 is 17.3 Å². The molecule has 7 nitrogen and oxygen atoms in total. The first-order valence-electron chi connectivity index (χ1n) is 10.6. The van der Waals surface area contributed by atoms with Crippen molar-refractivity contribution in [2.24, 2.45) is 0 Å². The van der Waals surface area contributed by atoms with Gasteiger partial charge in [0.15, 0.2) is 5.82 Å². The summed E-state index contributed by atoms with van der Waals surface area (Å²) in [6, 6.07) is 10.7. The van der Waals surface area contributed by atoms with Gasteiger partial charge in [0.25, 0.3) is 0 Å². The Balaban J connectivity index is 1.38. The number of carbonyl (C=O) groups is 1. The van der Waals surface area contributed by atoms with E-state index in [4.69, 9.17) is 0 Å². The lowest BCUT2D eigenvalue weighted by molar-refractivity contribution is -0.137. The number of piperazine rings is 1. The molecule has 174 valence electrons. The molecule has 1 aliphatic heterocycles. The SMILES string of the molecule is Cc1nn(-c2ccccn2)c(C)c1N1CCN(CC(=O)Nc2ccccc2C(F)(F)F)CC1. The summed E-state index contributed by atoms with van der Waals surface area (Å²) in [6.45, 7) is 6.58.